The Morgan fingerprint density at radius 2 is 1.49 bits per heavy atom. The van der Waals surface area contributed by atoms with Crippen LogP contribution in [0.5, 0.6) is 11.5 Å². The lowest BCUT2D eigenvalue weighted by Gasteiger charge is -2.11. The molecule has 41 heavy (non-hydrogen) atoms. The largest absolute Gasteiger partial charge is 0.493 e. The maximum atomic E-state index is 12.8. The molecule has 3 amide bonds. The van der Waals surface area contributed by atoms with Crippen LogP contribution in [0.15, 0.2) is 107 Å². The van der Waals surface area contributed by atoms with E-state index in [-0.39, 0.29) is 22.7 Å². The molecule has 0 unspecified atom stereocenters. The number of para-hydroxylation sites is 1. The summed E-state index contributed by atoms with van der Waals surface area (Å²) in [6.07, 6.45) is 1.29. The Hall–Kier alpha value is -5.29. The number of carbonyl (C=O) groups excluding carboxylic acids is 4. The lowest BCUT2D eigenvalue weighted by Crippen LogP contribution is -2.33. The number of hydrogen-bond acceptors (Lipinski definition) is 7. The van der Waals surface area contributed by atoms with Crippen LogP contribution in [0.25, 0.3) is 0 Å². The van der Waals surface area contributed by atoms with Crippen LogP contribution in [0, 0.1) is 0 Å². The summed E-state index contributed by atoms with van der Waals surface area (Å²) in [6.45, 7) is 0. The van der Waals surface area contributed by atoms with Crippen molar-refractivity contribution in [3.05, 3.63) is 118 Å². The second-order valence-corrected chi connectivity index (χ2v) is 9.24. The Labute approximate surface area is 243 Å². The molecule has 0 saturated carbocycles. The zero-order valence-corrected chi connectivity index (χ0v) is 23.2. The van der Waals surface area contributed by atoms with Gasteiger partial charge >= 0.3 is 17.8 Å². The monoisotopic (exact) mass is 614 g/mol. The normalized spacial score (nSPS) is 10.5. The summed E-state index contributed by atoms with van der Waals surface area (Å²) in [7, 11) is 1.42. The van der Waals surface area contributed by atoms with Gasteiger partial charge in [0.05, 0.1) is 30.1 Å². The highest BCUT2D eigenvalue weighted by molar-refractivity contribution is 9.10. The molecule has 0 heterocycles. The number of hydrazone groups is 1. The molecule has 11 heteroatoms. The number of benzene rings is 4. The second-order valence-electron chi connectivity index (χ2n) is 8.33. The van der Waals surface area contributed by atoms with E-state index in [1.807, 2.05) is 0 Å². The number of amides is 3. The number of anilines is 2. The van der Waals surface area contributed by atoms with Gasteiger partial charge in [-0.15, -0.1) is 0 Å². The van der Waals surface area contributed by atoms with Crippen LogP contribution in [0.2, 0.25) is 0 Å². The Morgan fingerprint density at radius 1 is 0.780 bits per heavy atom. The van der Waals surface area contributed by atoms with Gasteiger partial charge in [-0.2, -0.15) is 5.10 Å². The van der Waals surface area contributed by atoms with Gasteiger partial charge in [-0.1, -0.05) is 46.3 Å². The van der Waals surface area contributed by atoms with Crippen molar-refractivity contribution in [3.63, 3.8) is 0 Å². The Balaban J connectivity index is 1.35. The Bertz CT molecular complexity index is 1610. The fraction of sp³-hybridized carbons (Fsp3) is 0.0333. The van der Waals surface area contributed by atoms with Crippen LogP contribution < -0.4 is 25.5 Å². The third kappa shape index (κ3) is 7.87. The minimum Gasteiger partial charge on any atom is -0.493 e. The number of ether oxygens (including phenoxy) is 2. The van der Waals surface area contributed by atoms with Crippen molar-refractivity contribution < 1.29 is 28.7 Å². The molecule has 4 rings (SSSR count). The Morgan fingerprint density at radius 3 is 2.22 bits per heavy atom. The topological polar surface area (TPSA) is 135 Å². The van der Waals surface area contributed by atoms with Gasteiger partial charge in [0.1, 0.15) is 0 Å². The molecule has 0 aliphatic heterocycles. The summed E-state index contributed by atoms with van der Waals surface area (Å²) in [5, 5.41) is 8.98. The molecule has 4 aromatic rings. The number of nitrogens with one attached hydrogen (secondary N) is 3. The number of hydrogen-bond donors (Lipinski definition) is 3. The summed E-state index contributed by atoms with van der Waals surface area (Å²) in [5.74, 6) is -2.62. The summed E-state index contributed by atoms with van der Waals surface area (Å²) in [5.41, 5.74) is 3.90. The fourth-order valence-corrected chi connectivity index (χ4v) is 3.76. The maximum absolute atomic E-state index is 12.8. The molecule has 3 N–H and O–H groups in total. The number of halogens is 1. The fourth-order valence-electron chi connectivity index (χ4n) is 3.50. The van der Waals surface area contributed by atoms with Crippen molar-refractivity contribution in [1.82, 2.24) is 5.43 Å². The van der Waals surface area contributed by atoms with Gasteiger partial charge in [0.15, 0.2) is 11.5 Å². The molecule has 206 valence electrons. The predicted molar refractivity (Wildman–Crippen MR) is 157 cm³/mol. The van der Waals surface area contributed by atoms with E-state index in [0.29, 0.717) is 16.8 Å². The van der Waals surface area contributed by atoms with Crippen LogP contribution in [-0.2, 0) is 9.59 Å². The smallest absolute Gasteiger partial charge is 0.343 e. The quantitative estimate of drug-likeness (QED) is 0.0838. The molecule has 0 aliphatic rings. The first-order valence-electron chi connectivity index (χ1n) is 12.1. The minimum atomic E-state index is -1.05. The lowest BCUT2D eigenvalue weighted by atomic mass is 10.1. The van der Waals surface area contributed by atoms with E-state index in [1.54, 1.807) is 78.9 Å². The van der Waals surface area contributed by atoms with Gasteiger partial charge in [-0.3, -0.25) is 14.4 Å². The van der Waals surface area contributed by atoms with Crippen molar-refractivity contribution >= 4 is 57.2 Å². The van der Waals surface area contributed by atoms with Gasteiger partial charge in [-0.25, -0.2) is 10.2 Å². The highest BCUT2D eigenvalue weighted by Gasteiger charge is 2.18. The van der Waals surface area contributed by atoms with Crippen molar-refractivity contribution in [3.8, 4) is 11.5 Å². The summed E-state index contributed by atoms with van der Waals surface area (Å²) >= 11 is 3.33. The predicted octanol–water partition coefficient (Wildman–Crippen LogP) is 5.02. The lowest BCUT2D eigenvalue weighted by molar-refractivity contribution is -0.136. The second kappa shape index (κ2) is 13.7. The Kier molecular flexibility index (Phi) is 9.57. The zero-order chi connectivity index (χ0) is 29.2. The van der Waals surface area contributed by atoms with E-state index >= 15 is 0 Å². The van der Waals surface area contributed by atoms with Gasteiger partial charge in [0.2, 0.25) is 0 Å². The van der Waals surface area contributed by atoms with Gasteiger partial charge in [0.25, 0.3) is 5.91 Å². The molecule has 0 aromatic heterocycles. The summed E-state index contributed by atoms with van der Waals surface area (Å²) in [6, 6.07) is 26.4. The number of methoxy groups -OCH3 is 1. The third-order valence-electron chi connectivity index (χ3n) is 5.51. The minimum absolute atomic E-state index is 0.150. The molecule has 0 atom stereocenters. The molecule has 0 aliphatic carbocycles. The van der Waals surface area contributed by atoms with Crippen molar-refractivity contribution in [1.29, 1.82) is 0 Å². The highest BCUT2D eigenvalue weighted by atomic mass is 79.9. The first-order valence-corrected chi connectivity index (χ1v) is 12.9. The van der Waals surface area contributed by atoms with E-state index in [2.05, 4.69) is 37.1 Å². The molecule has 4 aromatic carbocycles. The third-order valence-corrected chi connectivity index (χ3v) is 6.04. The molecular formula is C30H23BrN4O6. The highest BCUT2D eigenvalue weighted by Crippen LogP contribution is 2.28. The van der Waals surface area contributed by atoms with E-state index in [1.165, 1.54) is 31.5 Å². The van der Waals surface area contributed by atoms with Crippen LogP contribution in [0.3, 0.4) is 0 Å². The van der Waals surface area contributed by atoms with E-state index in [0.717, 1.165) is 4.47 Å². The number of rotatable bonds is 8. The van der Waals surface area contributed by atoms with E-state index < -0.39 is 23.7 Å². The number of nitrogens with zero attached hydrogens (tertiary/aromatic N) is 1. The van der Waals surface area contributed by atoms with Crippen LogP contribution in [0.1, 0.15) is 26.3 Å². The molecule has 0 radical (unpaired) electrons. The summed E-state index contributed by atoms with van der Waals surface area (Å²) in [4.78, 5) is 50.0. The van der Waals surface area contributed by atoms with Gasteiger partial charge in [0, 0.05) is 10.2 Å². The average molecular weight is 615 g/mol. The molecule has 0 fully saturated rings. The van der Waals surface area contributed by atoms with E-state index in [4.69, 9.17) is 9.47 Å². The molecule has 10 nitrogen and oxygen atoms in total. The number of esters is 1. The average Bonchev–Trinajstić information content (AvgIpc) is 2.99. The standard InChI is InChI=1S/C30H23BrN4O6/c1-40-26-17-19(11-16-25(26)41-30(39)20-7-3-2-4-8-20)18-32-35-29(38)28(37)34-24-10-6-5-9-23(24)27(36)33-22-14-12-21(31)13-15-22/h2-18H,1H3,(H,33,36)(H,34,37)(H,35,38)/b32-18+. The van der Waals surface area contributed by atoms with Crippen LogP contribution in [0.4, 0.5) is 11.4 Å². The molecule has 0 saturated heterocycles. The molecular weight excluding hydrogens is 592 g/mol. The van der Waals surface area contributed by atoms with E-state index in [9.17, 15) is 19.2 Å². The molecule has 0 bridgehead atoms. The number of carbonyl (C=O) groups is 4. The van der Waals surface area contributed by atoms with Crippen molar-refractivity contribution in [2.45, 2.75) is 0 Å². The first-order chi connectivity index (χ1) is 19.8. The zero-order valence-electron chi connectivity index (χ0n) is 21.6. The van der Waals surface area contributed by atoms with Crippen molar-refractivity contribution in [2.75, 3.05) is 17.7 Å². The SMILES string of the molecule is COc1cc(/C=N/NC(=O)C(=O)Nc2ccccc2C(=O)Nc2ccc(Br)cc2)ccc1OC(=O)c1ccccc1. The van der Waals surface area contributed by atoms with Crippen LogP contribution in [-0.4, -0.2) is 37.0 Å². The summed E-state index contributed by atoms with van der Waals surface area (Å²) < 4.78 is 11.6. The van der Waals surface area contributed by atoms with Gasteiger partial charge in [-0.05, 0) is 72.3 Å². The van der Waals surface area contributed by atoms with Gasteiger partial charge < -0.3 is 20.1 Å². The van der Waals surface area contributed by atoms with Crippen molar-refractivity contribution in [2.24, 2.45) is 5.10 Å². The van der Waals surface area contributed by atoms with Crippen LogP contribution >= 0.6 is 15.9 Å². The maximum Gasteiger partial charge on any atom is 0.343 e. The molecule has 0 spiro atoms. The first kappa shape index (κ1) is 28.7.